The van der Waals surface area contributed by atoms with Gasteiger partial charge in [0.15, 0.2) is 6.04 Å². The van der Waals surface area contributed by atoms with Crippen molar-refractivity contribution in [2.75, 3.05) is 13.7 Å². The summed E-state index contributed by atoms with van der Waals surface area (Å²) >= 11 is 0. The molecule has 0 radical (unpaired) electrons. The molecule has 0 aromatic heterocycles. The minimum absolute atomic E-state index is 0.253. The fraction of sp³-hybridized carbons (Fsp3) is 0.818. The molecule has 0 aliphatic heterocycles. The van der Waals surface area contributed by atoms with Gasteiger partial charge in [0.05, 0.1) is 7.11 Å². The average Bonchev–Trinajstić information content (AvgIpc) is 2.72. The summed E-state index contributed by atoms with van der Waals surface area (Å²) in [5.41, 5.74) is 0. The third kappa shape index (κ3) is 20.6. The highest BCUT2D eigenvalue weighted by Gasteiger charge is 2.36. The molecule has 0 aromatic carbocycles. The number of methoxy groups -OCH3 is 1. The Morgan fingerprint density at radius 1 is 0.871 bits per heavy atom. The Kier molecular flexibility index (Phi) is 19.0. The van der Waals surface area contributed by atoms with Crippen LogP contribution in [0.15, 0.2) is 12.2 Å². The van der Waals surface area contributed by atoms with Crippen molar-refractivity contribution in [2.45, 2.75) is 103 Å². The van der Waals surface area contributed by atoms with Crippen molar-refractivity contribution in [3.8, 4) is 0 Å². The number of esters is 1. The van der Waals surface area contributed by atoms with Crippen LogP contribution in [0.25, 0.3) is 0 Å². The number of amides is 1. The molecule has 0 saturated heterocycles. The summed E-state index contributed by atoms with van der Waals surface area (Å²) in [6.07, 6.45) is 20.0. The molecule has 1 unspecified atom stereocenters. The van der Waals surface area contributed by atoms with Crippen molar-refractivity contribution in [3.63, 3.8) is 0 Å². The lowest BCUT2D eigenvalue weighted by atomic mass is 10.1. The quantitative estimate of drug-likeness (QED) is 0.0913. The standard InChI is InChI=1S/C22H42NO7P/c1-3-4-5-6-7-8-9-10-11-12-13-14-15-16-17-18-21(24)23-20(22(25)29-2)19-30-31(26,27)28/h10-11,20,26-28H,3-9,12-19H2,1-2H3/p+1/b11-10-. The highest BCUT2D eigenvalue weighted by atomic mass is 31.2. The molecule has 1 atom stereocenters. The van der Waals surface area contributed by atoms with E-state index in [1.165, 1.54) is 44.9 Å². The van der Waals surface area contributed by atoms with Gasteiger partial charge in [-0.2, -0.15) is 19.2 Å². The van der Waals surface area contributed by atoms with Gasteiger partial charge in [0.25, 0.3) is 0 Å². The van der Waals surface area contributed by atoms with Gasteiger partial charge in [0.2, 0.25) is 5.91 Å². The predicted octanol–water partition coefficient (Wildman–Crippen LogP) is 4.35. The maximum Gasteiger partial charge on any atom is 0.567 e. The fourth-order valence-electron chi connectivity index (χ4n) is 3.11. The number of hydrogen-bond acceptors (Lipinski definition) is 7. The van der Waals surface area contributed by atoms with Crippen LogP contribution in [0.4, 0.5) is 0 Å². The van der Waals surface area contributed by atoms with Crippen LogP contribution in [0.1, 0.15) is 96.8 Å². The normalized spacial score (nSPS) is 12.8. The maximum atomic E-state index is 12.0. The number of allylic oxidation sites excluding steroid dienone is 2. The first kappa shape index (κ1) is 29.9. The van der Waals surface area contributed by atoms with Crippen molar-refractivity contribution in [1.29, 1.82) is 0 Å². The Morgan fingerprint density at radius 3 is 1.90 bits per heavy atom. The lowest BCUT2D eigenvalue weighted by molar-refractivity contribution is -0.146. The minimum atomic E-state index is -4.48. The molecule has 0 bridgehead atoms. The second kappa shape index (κ2) is 19.6. The molecule has 0 saturated carbocycles. The summed E-state index contributed by atoms with van der Waals surface area (Å²) in [4.78, 5) is 50.1. The highest BCUT2D eigenvalue weighted by Crippen LogP contribution is 2.45. The Bertz CT molecular complexity index is 495. The van der Waals surface area contributed by atoms with Gasteiger partial charge in [-0.3, -0.25) is 4.79 Å². The predicted molar refractivity (Wildman–Crippen MR) is 123 cm³/mol. The summed E-state index contributed by atoms with van der Waals surface area (Å²) in [6.45, 7) is 1.66. The SMILES string of the molecule is CCCCCCCC/C=C\CCCCCCCC(=O)NC(CO[P+](O)(O)O)C(=O)OC. The second-order valence-electron chi connectivity index (χ2n) is 7.79. The van der Waals surface area contributed by atoms with Crippen molar-refractivity contribution < 1.29 is 33.5 Å². The molecule has 0 aliphatic rings. The van der Waals surface area contributed by atoms with Crippen LogP contribution < -0.4 is 5.32 Å². The molecular formula is C22H43NO7P+. The zero-order valence-corrected chi connectivity index (χ0v) is 20.2. The van der Waals surface area contributed by atoms with Gasteiger partial charge >= 0.3 is 14.1 Å². The van der Waals surface area contributed by atoms with Gasteiger partial charge in [-0.25, -0.2) is 4.79 Å². The van der Waals surface area contributed by atoms with E-state index in [9.17, 15) is 9.59 Å². The molecule has 4 N–H and O–H groups in total. The topological polar surface area (TPSA) is 125 Å². The van der Waals surface area contributed by atoms with Gasteiger partial charge in [-0.15, -0.1) is 0 Å². The molecule has 0 spiro atoms. The van der Waals surface area contributed by atoms with E-state index < -0.39 is 26.8 Å². The minimum Gasteiger partial charge on any atom is -0.467 e. The summed E-state index contributed by atoms with van der Waals surface area (Å²) in [7, 11) is -3.34. The first-order valence-electron chi connectivity index (χ1n) is 11.5. The molecule has 0 aromatic rings. The number of carbonyl (C=O) groups is 2. The van der Waals surface area contributed by atoms with E-state index in [2.05, 4.69) is 33.7 Å². The molecule has 0 fully saturated rings. The molecule has 8 nitrogen and oxygen atoms in total. The van der Waals surface area contributed by atoms with E-state index in [0.717, 1.165) is 39.2 Å². The third-order valence-electron chi connectivity index (χ3n) is 4.90. The van der Waals surface area contributed by atoms with Crippen molar-refractivity contribution in [3.05, 3.63) is 12.2 Å². The lowest BCUT2D eigenvalue weighted by Crippen LogP contribution is -2.44. The Balaban J connectivity index is 3.71. The highest BCUT2D eigenvalue weighted by molar-refractivity contribution is 7.53. The molecule has 9 heteroatoms. The fourth-order valence-corrected chi connectivity index (χ4v) is 3.46. The third-order valence-corrected chi connectivity index (χ3v) is 5.40. The van der Waals surface area contributed by atoms with Gasteiger partial charge < -0.3 is 10.1 Å². The monoisotopic (exact) mass is 464 g/mol. The number of carbonyl (C=O) groups excluding carboxylic acids is 2. The summed E-state index contributed by atoms with van der Waals surface area (Å²) in [5.74, 6) is -1.14. The van der Waals surface area contributed by atoms with Crippen molar-refractivity contribution in [1.82, 2.24) is 5.32 Å². The largest absolute Gasteiger partial charge is 0.567 e. The average molecular weight is 465 g/mol. The molecule has 0 aliphatic carbocycles. The molecule has 1 amide bonds. The smallest absolute Gasteiger partial charge is 0.467 e. The van der Waals surface area contributed by atoms with Gasteiger partial charge in [0, 0.05) is 6.42 Å². The van der Waals surface area contributed by atoms with Crippen LogP contribution in [-0.2, 0) is 18.8 Å². The Morgan fingerprint density at radius 2 is 1.39 bits per heavy atom. The Hall–Kier alpha value is -1.05. The van der Waals surface area contributed by atoms with E-state index >= 15 is 0 Å². The number of hydrogen-bond donors (Lipinski definition) is 4. The second-order valence-corrected chi connectivity index (χ2v) is 9.07. The van der Waals surface area contributed by atoms with Crippen LogP contribution in [-0.4, -0.2) is 46.3 Å². The van der Waals surface area contributed by atoms with Gasteiger partial charge in [-0.05, 0) is 32.1 Å². The number of rotatable bonds is 20. The van der Waals surface area contributed by atoms with Crippen LogP contribution >= 0.6 is 8.17 Å². The zero-order valence-electron chi connectivity index (χ0n) is 19.3. The zero-order chi connectivity index (χ0) is 23.4. The van der Waals surface area contributed by atoms with E-state index in [1.54, 1.807) is 0 Å². The van der Waals surface area contributed by atoms with Crippen LogP contribution in [0, 0.1) is 0 Å². The summed E-state index contributed by atoms with van der Waals surface area (Å²) in [6, 6.07) is -1.20. The first-order chi connectivity index (χ1) is 14.8. The first-order valence-corrected chi connectivity index (χ1v) is 13.1. The maximum absolute atomic E-state index is 12.0. The van der Waals surface area contributed by atoms with Crippen molar-refractivity contribution >= 4 is 20.0 Å². The van der Waals surface area contributed by atoms with Crippen LogP contribution in [0.5, 0.6) is 0 Å². The molecule has 31 heavy (non-hydrogen) atoms. The molecule has 0 heterocycles. The summed E-state index contributed by atoms with van der Waals surface area (Å²) in [5, 5.41) is 2.43. The molecule has 0 rings (SSSR count). The van der Waals surface area contributed by atoms with Crippen molar-refractivity contribution in [2.24, 2.45) is 0 Å². The van der Waals surface area contributed by atoms with Crippen LogP contribution in [0.3, 0.4) is 0 Å². The summed E-state index contributed by atoms with van der Waals surface area (Å²) < 4.78 is 8.94. The van der Waals surface area contributed by atoms with Crippen LogP contribution in [0.2, 0.25) is 0 Å². The van der Waals surface area contributed by atoms with E-state index in [-0.39, 0.29) is 12.3 Å². The van der Waals surface area contributed by atoms with Gasteiger partial charge in [0.1, 0.15) is 6.61 Å². The number of ether oxygens (including phenoxy) is 1. The van der Waals surface area contributed by atoms with E-state index in [0.29, 0.717) is 6.42 Å². The van der Waals surface area contributed by atoms with E-state index in [4.69, 9.17) is 14.7 Å². The van der Waals surface area contributed by atoms with Gasteiger partial charge in [-0.1, -0.05) is 70.4 Å². The molecular weight excluding hydrogens is 421 g/mol. The lowest BCUT2D eigenvalue weighted by Gasteiger charge is -2.15. The number of nitrogens with one attached hydrogen (secondary N) is 1. The molecule has 182 valence electrons. The van der Waals surface area contributed by atoms with E-state index in [1.807, 2.05) is 0 Å². The number of unbranched alkanes of at least 4 members (excludes halogenated alkanes) is 11. The Labute approximate surface area is 188 Å².